The lowest BCUT2D eigenvalue weighted by atomic mass is 9.99. The number of esters is 2. The van der Waals surface area contributed by atoms with Gasteiger partial charge in [0.05, 0.1) is 24.3 Å². The molecule has 110 valence electrons. The lowest BCUT2D eigenvalue weighted by Crippen LogP contribution is -2.09. The average molecular weight is 304 g/mol. The number of rotatable bonds is 5. The van der Waals surface area contributed by atoms with Crippen LogP contribution in [0.4, 0.5) is 0 Å². The minimum absolute atomic E-state index is 0.307. The number of thiophene rings is 1. The van der Waals surface area contributed by atoms with Crippen molar-refractivity contribution in [3.8, 4) is 11.1 Å². The van der Waals surface area contributed by atoms with Crippen LogP contribution in [0.1, 0.15) is 34.6 Å². The highest BCUT2D eigenvalue weighted by Crippen LogP contribution is 2.28. The predicted octanol–water partition coefficient (Wildman–Crippen LogP) is 3.77. The van der Waals surface area contributed by atoms with E-state index >= 15 is 0 Å². The highest BCUT2D eigenvalue weighted by molar-refractivity contribution is 7.08. The lowest BCUT2D eigenvalue weighted by Gasteiger charge is -2.10. The van der Waals surface area contributed by atoms with E-state index in [1.165, 1.54) is 11.3 Å². The van der Waals surface area contributed by atoms with Crippen molar-refractivity contribution < 1.29 is 19.1 Å². The molecule has 2 aromatic rings. The molecule has 1 aromatic carbocycles. The summed E-state index contributed by atoms with van der Waals surface area (Å²) in [5, 5.41) is 3.84. The molecule has 0 unspecified atom stereocenters. The van der Waals surface area contributed by atoms with E-state index in [4.69, 9.17) is 9.47 Å². The number of carbonyl (C=O) groups excluding carboxylic acids is 2. The molecule has 0 N–H and O–H groups in total. The Bertz CT molecular complexity index is 632. The summed E-state index contributed by atoms with van der Waals surface area (Å²) in [6, 6.07) is 6.77. The first-order valence-electron chi connectivity index (χ1n) is 6.68. The van der Waals surface area contributed by atoms with E-state index in [2.05, 4.69) is 0 Å². The first-order valence-corrected chi connectivity index (χ1v) is 7.62. The smallest absolute Gasteiger partial charge is 0.338 e. The van der Waals surface area contributed by atoms with Gasteiger partial charge < -0.3 is 9.47 Å². The molecule has 0 bridgehead atoms. The second-order valence-corrected chi connectivity index (χ2v) is 4.99. The molecule has 0 fully saturated rings. The second-order valence-electron chi connectivity index (χ2n) is 4.21. The summed E-state index contributed by atoms with van der Waals surface area (Å²) < 4.78 is 10.1. The Hall–Kier alpha value is -2.14. The van der Waals surface area contributed by atoms with Crippen LogP contribution in [0.3, 0.4) is 0 Å². The molecule has 0 aliphatic carbocycles. The van der Waals surface area contributed by atoms with Gasteiger partial charge in [-0.15, -0.1) is 0 Å². The summed E-state index contributed by atoms with van der Waals surface area (Å²) in [4.78, 5) is 23.9. The minimum atomic E-state index is -0.399. The molecule has 0 atom stereocenters. The maximum atomic E-state index is 12.0. The normalized spacial score (nSPS) is 10.2. The zero-order chi connectivity index (χ0) is 15.2. The third kappa shape index (κ3) is 3.49. The van der Waals surface area contributed by atoms with E-state index in [1.54, 1.807) is 32.0 Å². The molecule has 0 radical (unpaired) electrons. The monoisotopic (exact) mass is 304 g/mol. The fourth-order valence-electron chi connectivity index (χ4n) is 1.93. The van der Waals surface area contributed by atoms with Crippen molar-refractivity contribution in [2.24, 2.45) is 0 Å². The van der Waals surface area contributed by atoms with Gasteiger partial charge in [-0.05, 0) is 60.0 Å². The minimum Gasteiger partial charge on any atom is -0.462 e. The summed E-state index contributed by atoms with van der Waals surface area (Å²) in [5.41, 5.74) is 2.43. The fourth-order valence-corrected chi connectivity index (χ4v) is 2.58. The Balaban J connectivity index is 2.47. The SMILES string of the molecule is CCOC(=O)c1ccc(C(=O)OCC)c(-c2ccsc2)c1. The highest BCUT2D eigenvalue weighted by Gasteiger charge is 2.17. The van der Waals surface area contributed by atoms with Crippen LogP contribution in [0.2, 0.25) is 0 Å². The molecule has 4 nitrogen and oxygen atoms in total. The maximum absolute atomic E-state index is 12.0. The van der Waals surface area contributed by atoms with Gasteiger partial charge in [-0.2, -0.15) is 11.3 Å². The number of hydrogen-bond acceptors (Lipinski definition) is 5. The van der Waals surface area contributed by atoms with Gasteiger partial charge in [-0.3, -0.25) is 0 Å². The van der Waals surface area contributed by atoms with Crippen LogP contribution in [-0.4, -0.2) is 25.2 Å². The molecule has 1 heterocycles. The van der Waals surface area contributed by atoms with Gasteiger partial charge >= 0.3 is 11.9 Å². The van der Waals surface area contributed by atoms with Crippen molar-refractivity contribution in [3.63, 3.8) is 0 Å². The van der Waals surface area contributed by atoms with Gasteiger partial charge in [0.1, 0.15) is 0 Å². The molecule has 21 heavy (non-hydrogen) atoms. The average Bonchev–Trinajstić information content (AvgIpc) is 3.01. The van der Waals surface area contributed by atoms with Crippen LogP contribution in [0.25, 0.3) is 11.1 Å². The topological polar surface area (TPSA) is 52.6 Å². The Morgan fingerprint density at radius 3 is 2.38 bits per heavy atom. The van der Waals surface area contributed by atoms with Crippen LogP contribution in [0.5, 0.6) is 0 Å². The summed E-state index contributed by atoms with van der Waals surface area (Å²) in [7, 11) is 0. The largest absolute Gasteiger partial charge is 0.462 e. The van der Waals surface area contributed by atoms with Crippen molar-refractivity contribution in [2.75, 3.05) is 13.2 Å². The fraction of sp³-hybridized carbons (Fsp3) is 0.250. The van der Waals surface area contributed by atoms with Gasteiger partial charge in [-0.1, -0.05) is 0 Å². The van der Waals surface area contributed by atoms with E-state index in [0.29, 0.717) is 29.9 Å². The number of ether oxygens (including phenoxy) is 2. The molecular weight excluding hydrogens is 288 g/mol. The van der Waals surface area contributed by atoms with Crippen LogP contribution in [0.15, 0.2) is 35.0 Å². The Morgan fingerprint density at radius 1 is 1.05 bits per heavy atom. The standard InChI is InChI=1S/C16H16O4S/c1-3-19-15(17)11-5-6-13(16(18)20-4-2)14(9-11)12-7-8-21-10-12/h5-10H,3-4H2,1-2H3. The number of hydrogen-bond donors (Lipinski definition) is 0. The summed E-state index contributed by atoms with van der Waals surface area (Å²) >= 11 is 1.52. The van der Waals surface area contributed by atoms with Crippen LogP contribution in [-0.2, 0) is 9.47 Å². The first kappa shape index (κ1) is 15.3. The summed E-state index contributed by atoms with van der Waals surface area (Å²) in [6.07, 6.45) is 0. The van der Waals surface area contributed by atoms with Crippen molar-refractivity contribution in [1.82, 2.24) is 0 Å². The molecule has 0 aliphatic rings. The maximum Gasteiger partial charge on any atom is 0.338 e. The van der Waals surface area contributed by atoms with Gasteiger partial charge in [0.2, 0.25) is 0 Å². The molecule has 2 rings (SSSR count). The summed E-state index contributed by atoms with van der Waals surface area (Å²) in [5.74, 6) is -0.793. The van der Waals surface area contributed by atoms with Crippen molar-refractivity contribution in [3.05, 3.63) is 46.2 Å². The Kier molecular flexibility index (Phi) is 5.11. The van der Waals surface area contributed by atoms with Crippen molar-refractivity contribution >= 4 is 23.3 Å². The van der Waals surface area contributed by atoms with E-state index in [-0.39, 0.29) is 0 Å². The van der Waals surface area contributed by atoms with Crippen LogP contribution < -0.4 is 0 Å². The first-order chi connectivity index (χ1) is 10.2. The number of benzene rings is 1. The van der Waals surface area contributed by atoms with Gasteiger partial charge in [0.25, 0.3) is 0 Å². The van der Waals surface area contributed by atoms with Crippen LogP contribution in [0, 0.1) is 0 Å². The quantitative estimate of drug-likeness (QED) is 0.789. The third-order valence-corrected chi connectivity index (χ3v) is 3.54. The third-order valence-electron chi connectivity index (χ3n) is 2.86. The Labute approximate surface area is 127 Å². The van der Waals surface area contributed by atoms with Gasteiger partial charge in [0.15, 0.2) is 0 Å². The van der Waals surface area contributed by atoms with Crippen molar-refractivity contribution in [1.29, 1.82) is 0 Å². The zero-order valence-corrected chi connectivity index (χ0v) is 12.7. The summed E-state index contributed by atoms with van der Waals surface area (Å²) in [6.45, 7) is 4.13. The van der Waals surface area contributed by atoms with E-state index < -0.39 is 11.9 Å². The molecule has 1 aromatic heterocycles. The van der Waals surface area contributed by atoms with Crippen molar-refractivity contribution in [2.45, 2.75) is 13.8 Å². The molecule has 0 saturated carbocycles. The van der Waals surface area contributed by atoms with Crippen LogP contribution >= 0.6 is 11.3 Å². The molecule has 0 aliphatic heterocycles. The van der Waals surface area contributed by atoms with Gasteiger partial charge in [0, 0.05) is 0 Å². The molecule has 5 heteroatoms. The molecule has 0 amide bonds. The molecule has 0 spiro atoms. The van der Waals surface area contributed by atoms with E-state index in [1.807, 2.05) is 16.8 Å². The molecule has 0 saturated heterocycles. The second kappa shape index (κ2) is 7.04. The zero-order valence-electron chi connectivity index (χ0n) is 11.9. The predicted molar refractivity (Wildman–Crippen MR) is 81.7 cm³/mol. The van der Waals surface area contributed by atoms with E-state index in [9.17, 15) is 9.59 Å². The lowest BCUT2D eigenvalue weighted by molar-refractivity contribution is 0.0512. The number of carbonyl (C=O) groups is 2. The highest BCUT2D eigenvalue weighted by atomic mass is 32.1. The molecular formula is C16H16O4S. The van der Waals surface area contributed by atoms with E-state index in [0.717, 1.165) is 5.56 Å². The Morgan fingerprint density at radius 2 is 1.76 bits per heavy atom. The van der Waals surface area contributed by atoms with Gasteiger partial charge in [-0.25, -0.2) is 9.59 Å².